The Morgan fingerprint density at radius 2 is 2.11 bits per heavy atom. The molecule has 3 N–H and O–H groups in total. The molecule has 0 unspecified atom stereocenters. The predicted molar refractivity (Wildman–Crippen MR) is 70.8 cm³/mol. The van der Waals surface area contributed by atoms with Gasteiger partial charge in [0.05, 0.1) is 0 Å². The van der Waals surface area contributed by atoms with Gasteiger partial charge < -0.3 is 20.5 Å². The van der Waals surface area contributed by atoms with Gasteiger partial charge in [-0.15, -0.1) is 0 Å². The second-order valence-corrected chi connectivity index (χ2v) is 6.12. The van der Waals surface area contributed by atoms with Crippen molar-refractivity contribution in [3.05, 3.63) is 0 Å². The minimum Gasteiger partial charge on any atom is -0.480 e. The van der Waals surface area contributed by atoms with Crippen molar-refractivity contribution < 1.29 is 19.4 Å². The van der Waals surface area contributed by atoms with Crippen LogP contribution in [0.1, 0.15) is 40.0 Å². The number of ether oxygens (including phenoxy) is 1. The maximum Gasteiger partial charge on any atom is 0.410 e. The average molecular weight is 272 g/mol. The first-order chi connectivity index (χ1) is 8.69. The molecule has 0 aromatic carbocycles. The molecule has 1 aliphatic rings. The van der Waals surface area contributed by atoms with Gasteiger partial charge in [-0.05, 0) is 46.0 Å². The summed E-state index contributed by atoms with van der Waals surface area (Å²) in [6.45, 7) is 6.66. The molecule has 0 bridgehead atoms. The Hall–Kier alpha value is -1.30. The highest BCUT2D eigenvalue weighted by Gasteiger charge is 2.29. The third-order valence-electron chi connectivity index (χ3n) is 3.08. The monoisotopic (exact) mass is 272 g/mol. The topological polar surface area (TPSA) is 92.9 Å². The molecule has 110 valence electrons. The van der Waals surface area contributed by atoms with Crippen molar-refractivity contribution in [2.24, 2.45) is 11.7 Å². The Morgan fingerprint density at radius 3 is 2.63 bits per heavy atom. The molecule has 0 spiro atoms. The highest BCUT2D eigenvalue weighted by atomic mass is 16.6. The number of hydrogen-bond donors (Lipinski definition) is 2. The third-order valence-corrected chi connectivity index (χ3v) is 3.08. The molecule has 19 heavy (non-hydrogen) atoms. The van der Waals surface area contributed by atoms with Gasteiger partial charge in [-0.1, -0.05) is 0 Å². The van der Waals surface area contributed by atoms with Crippen LogP contribution in [0.3, 0.4) is 0 Å². The smallest absolute Gasteiger partial charge is 0.410 e. The molecule has 2 atom stereocenters. The molecular weight excluding hydrogens is 248 g/mol. The molecule has 0 saturated carbocycles. The van der Waals surface area contributed by atoms with Crippen LogP contribution in [0.15, 0.2) is 0 Å². The molecule has 6 nitrogen and oxygen atoms in total. The number of nitrogens with zero attached hydrogens (tertiary/aromatic N) is 1. The van der Waals surface area contributed by atoms with Gasteiger partial charge in [0.25, 0.3) is 0 Å². The van der Waals surface area contributed by atoms with Crippen molar-refractivity contribution in [2.45, 2.75) is 51.7 Å². The number of piperidine rings is 1. The molecule has 0 radical (unpaired) electrons. The van der Waals surface area contributed by atoms with Gasteiger partial charge in [0, 0.05) is 13.1 Å². The van der Waals surface area contributed by atoms with Crippen molar-refractivity contribution in [2.75, 3.05) is 13.1 Å². The summed E-state index contributed by atoms with van der Waals surface area (Å²) in [5.41, 5.74) is 5.02. The molecule has 1 rings (SSSR count). The van der Waals surface area contributed by atoms with Crippen LogP contribution in [0.25, 0.3) is 0 Å². The Labute approximate surface area is 113 Å². The minimum atomic E-state index is -0.991. The number of carboxylic acids is 1. The highest BCUT2D eigenvalue weighted by molar-refractivity contribution is 5.73. The van der Waals surface area contributed by atoms with Crippen molar-refractivity contribution >= 4 is 12.1 Å². The van der Waals surface area contributed by atoms with E-state index in [2.05, 4.69) is 0 Å². The van der Waals surface area contributed by atoms with Crippen molar-refractivity contribution in [1.82, 2.24) is 4.90 Å². The fraction of sp³-hybridized carbons (Fsp3) is 0.846. The molecule has 0 aromatic rings. The third kappa shape index (κ3) is 5.46. The maximum absolute atomic E-state index is 11.9. The van der Waals surface area contributed by atoms with Crippen LogP contribution in [0.5, 0.6) is 0 Å². The number of carbonyl (C=O) groups is 2. The summed E-state index contributed by atoms with van der Waals surface area (Å²) in [6, 6.07) is -0.858. The first-order valence-electron chi connectivity index (χ1n) is 6.65. The molecule has 1 aliphatic heterocycles. The van der Waals surface area contributed by atoms with Crippen molar-refractivity contribution in [1.29, 1.82) is 0 Å². The zero-order chi connectivity index (χ0) is 14.6. The van der Waals surface area contributed by atoms with E-state index in [4.69, 9.17) is 15.6 Å². The fourth-order valence-electron chi connectivity index (χ4n) is 2.21. The lowest BCUT2D eigenvalue weighted by Crippen LogP contribution is -2.44. The van der Waals surface area contributed by atoms with Crippen LogP contribution in [-0.2, 0) is 9.53 Å². The van der Waals surface area contributed by atoms with E-state index in [9.17, 15) is 9.59 Å². The first kappa shape index (κ1) is 15.8. The van der Waals surface area contributed by atoms with Crippen LogP contribution in [0.4, 0.5) is 4.79 Å². The number of rotatable bonds is 3. The number of carbonyl (C=O) groups excluding carboxylic acids is 1. The van der Waals surface area contributed by atoms with Gasteiger partial charge >= 0.3 is 12.1 Å². The summed E-state index contributed by atoms with van der Waals surface area (Å²) in [5.74, 6) is -0.859. The van der Waals surface area contributed by atoms with Gasteiger partial charge in [-0.25, -0.2) is 4.79 Å². The van der Waals surface area contributed by atoms with E-state index in [-0.39, 0.29) is 12.0 Å². The maximum atomic E-state index is 11.9. The van der Waals surface area contributed by atoms with Gasteiger partial charge in [0.1, 0.15) is 11.6 Å². The lowest BCUT2D eigenvalue weighted by molar-refractivity contribution is -0.139. The second kappa shape index (κ2) is 6.23. The van der Waals surface area contributed by atoms with Crippen LogP contribution in [0.2, 0.25) is 0 Å². The first-order valence-corrected chi connectivity index (χ1v) is 6.65. The Bertz CT molecular complexity index is 338. The molecule has 1 fully saturated rings. The zero-order valence-corrected chi connectivity index (χ0v) is 11.9. The Balaban J connectivity index is 2.50. The number of amides is 1. The molecule has 1 amide bonds. The van der Waals surface area contributed by atoms with E-state index in [0.29, 0.717) is 19.5 Å². The van der Waals surface area contributed by atoms with E-state index in [1.807, 2.05) is 20.8 Å². The van der Waals surface area contributed by atoms with Gasteiger partial charge in [0.2, 0.25) is 0 Å². The zero-order valence-electron chi connectivity index (χ0n) is 11.9. The largest absolute Gasteiger partial charge is 0.480 e. The quantitative estimate of drug-likeness (QED) is 0.810. The summed E-state index contributed by atoms with van der Waals surface area (Å²) in [5, 5.41) is 8.81. The summed E-state index contributed by atoms with van der Waals surface area (Å²) in [4.78, 5) is 24.3. The average Bonchev–Trinajstić information content (AvgIpc) is 2.27. The molecule has 1 saturated heterocycles. The van der Waals surface area contributed by atoms with Gasteiger partial charge in [-0.3, -0.25) is 4.79 Å². The lowest BCUT2D eigenvalue weighted by atomic mass is 9.92. The van der Waals surface area contributed by atoms with Crippen LogP contribution in [-0.4, -0.2) is 46.8 Å². The standard InChI is InChI=1S/C13H24N2O4/c1-13(2,3)19-12(18)15-6-4-5-9(8-15)7-10(14)11(16)17/h9-10H,4-8,14H2,1-3H3,(H,16,17)/t9-,10+/m0/s1. The van der Waals surface area contributed by atoms with Crippen molar-refractivity contribution in [3.63, 3.8) is 0 Å². The minimum absolute atomic E-state index is 0.132. The summed E-state index contributed by atoms with van der Waals surface area (Å²) < 4.78 is 5.32. The predicted octanol–water partition coefficient (Wildman–Crippen LogP) is 1.44. The molecule has 6 heteroatoms. The summed E-state index contributed by atoms with van der Waals surface area (Å²) in [6.07, 6.45) is 1.83. The fourth-order valence-corrected chi connectivity index (χ4v) is 2.21. The Morgan fingerprint density at radius 1 is 1.47 bits per heavy atom. The van der Waals surface area contributed by atoms with E-state index in [0.717, 1.165) is 12.8 Å². The highest BCUT2D eigenvalue weighted by Crippen LogP contribution is 2.22. The Kier molecular flexibility index (Phi) is 5.17. The van der Waals surface area contributed by atoms with Crippen LogP contribution in [0, 0.1) is 5.92 Å². The number of aliphatic carboxylic acids is 1. The summed E-state index contributed by atoms with van der Waals surface area (Å²) >= 11 is 0. The SMILES string of the molecule is CC(C)(C)OC(=O)N1CCC[C@@H](C[C@@H](N)C(=O)O)C1. The molecule has 0 aliphatic carbocycles. The van der Waals surface area contributed by atoms with E-state index in [1.54, 1.807) is 4.90 Å². The molecule has 0 aromatic heterocycles. The normalized spacial score (nSPS) is 21.9. The molecule has 1 heterocycles. The van der Waals surface area contributed by atoms with E-state index < -0.39 is 17.6 Å². The second-order valence-electron chi connectivity index (χ2n) is 6.12. The van der Waals surface area contributed by atoms with Gasteiger partial charge in [0.15, 0.2) is 0 Å². The number of nitrogens with two attached hydrogens (primary N) is 1. The number of likely N-dealkylation sites (tertiary alicyclic amines) is 1. The number of carboxylic acid groups (broad SMARTS) is 1. The number of hydrogen-bond acceptors (Lipinski definition) is 4. The van der Waals surface area contributed by atoms with Crippen LogP contribution < -0.4 is 5.73 Å². The van der Waals surface area contributed by atoms with E-state index in [1.165, 1.54) is 0 Å². The van der Waals surface area contributed by atoms with Crippen molar-refractivity contribution in [3.8, 4) is 0 Å². The molecular formula is C13H24N2O4. The van der Waals surface area contributed by atoms with E-state index >= 15 is 0 Å². The van der Waals surface area contributed by atoms with Gasteiger partial charge in [-0.2, -0.15) is 0 Å². The summed E-state index contributed by atoms with van der Waals surface area (Å²) in [7, 11) is 0. The van der Waals surface area contributed by atoms with Crippen LogP contribution >= 0.6 is 0 Å². The lowest BCUT2D eigenvalue weighted by Gasteiger charge is -2.34.